The maximum atomic E-state index is 13.2. The molecule has 0 radical (unpaired) electrons. The van der Waals surface area contributed by atoms with Gasteiger partial charge in [0.05, 0.1) is 6.04 Å². The molecule has 3 nitrogen and oxygen atoms in total. The molecule has 0 saturated carbocycles. The average molecular weight is 250 g/mol. The van der Waals surface area contributed by atoms with Crippen molar-refractivity contribution in [2.24, 2.45) is 0 Å². The molecule has 1 heterocycles. The van der Waals surface area contributed by atoms with E-state index in [0.717, 1.165) is 24.9 Å². The summed E-state index contributed by atoms with van der Waals surface area (Å²) in [5.41, 5.74) is 0.881. The molecule has 1 saturated heterocycles. The number of benzene rings is 1. The van der Waals surface area contributed by atoms with E-state index in [1.165, 1.54) is 12.1 Å². The predicted octanol–water partition coefficient (Wildman–Crippen LogP) is 3.08. The van der Waals surface area contributed by atoms with Gasteiger partial charge in [-0.25, -0.2) is 9.18 Å². The summed E-state index contributed by atoms with van der Waals surface area (Å²) in [7, 11) is 0. The van der Waals surface area contributed by atoms with E-state index in [1.54, 1.807) is 11.0 Å². The molecule has 1 fully saturated rings. The molecule has 18 heavy (non-hydrogen) atoms. The van der Waals surface area contributed by atoms with Crippen LogP contribution in [0.5, 0.6) is 0 Å². The molecule has 0 unspecified atom stereocenters. The SMILES string of the molecule is CC(C)NC(=O)N1CCC[C@@H]1c1cccc(F)c1. The van der Waals surface area contributed by atoms with E-state index >= 15 is 0 Å². The molecule has 0 aliphatic carbocycles. The van der Waals surface area contributed by atoms with Gasteiger partial charge in [0.2, 0.25) is 0 Å². The molecule has 1 atom stereocenters. The van der Waals surface area contributed by atoms with Crippen LogP contribution in [0.25, 0.3) is 0 Å². The van der Waals surface area contributed by atoms with Gasteiger partial charge in [-0.2, -0.15) is 0 Å². The summed E-state index contributed by atoms with van der Waals surface area (Å²) in [6.45, 7) is 4.61. The zero-order valence-electron chi connectivity index (χ0n) is 10.8. The van der Waals surface area contributed by atoms with Crippen LogP contribution in [-0.4, -0.2) is 23.5 Å². The largest absolute Gasteiger partial charge is 0.336 e. The average Bonchev–Trinajstić information content (AvgIpc) is 2.76. The Kier molecular flexibility index (Phi) is 3.84. The van der Waals surface area contributed by atoms with Crippen LogP contribution in [0.3, 0.4) is 0 Å². The molecule has 2 amide bonds. The highest BCUT2D eigenvalue weighted by atomic mass is 19.1. The van der Waals surface area contributed by atoms with E-state index in [1.807, 2.05) is 19.9 Å². The molecule has 98 valence electrons. The van der Waals surface area contributed by atoms with E-state index in [0.29, 0.717) is 0 Å². The fourth-order valence-electron chi connectivity index (χ4n) is 2.40. The summed E-state index contributed by atoms with van der Waals surface area (Å²) in [6.07, 6.45) is 1.86. The Morgan fingerprint density at radius 2 is 2.28 bits per heavy atom. The minimum atomic E-state index is -0.247. The van der Waals surface area contributed by atoms with Gasteiger partial charge in [0, 0.05) is 12.6 Å². The predicted molar refractivity (Wildman–Crippen MR) is 68.7 cm³/mol. The molecule has 1 aromatic carbocycles. The van der Waals surface area contributed by atoms with Crippen molar-refractivity contribution in [1.82, 2.24) is 10.2 Å². The number of likely N-dealkylation sites (tertiary alicyclic amines) is 1. The van der Waals surface area contributed by atoms with Crippen LogP contribution in [-0.2, 0) is 0 Å². The molecular formula is C14H19FN2O. The highest BCUT2D eigenvalue weighted by Gasteiger charge is 2.30. The lowest BCUT2D eigenvalue weighted by atomic mass is 10.0. The Balaban J connectivity index is 2.14. The number of nitrogens with zero attached hydrogens (tertiary/aromatic N) is 1. The normalized spacial score (nSPS) is 19.3. The Bertz CT molecular complexity index is 434. The van der Waals surface area contributed by atoms with Crippen LogP contribution >= 0.6 is 0 Å². The molecule has 0 bridgehead atoms. The third kappa shape index (κ3) is 2.81. The zero-order valence-corrected chi connectivity index (χ0v) is 10.8. The zero-order chi connectivity index (χ0) is 13.1. The second-order valence-electron chi connectivity index (χ2n) is 5.01. The molecule has 4 heteroatoms. The standard InChI is InChI=1S/C14H19FN2O/c1-10(2)16-14(18)17-8-4-7-13(17)11-5-3-6-12(15)9-11/h3,5-6,9-10,13H,4,7-8H2,1-2H3,(H,16,18)/t13-/m1/s1. The molecule has 2 rings (SSSR count). The monoisotopic (exact) mass is 250 g/mol. The van der Waals surface area contributed by atoms with E-state index in [9.17, 15) is 9.18 Å². The fraction of sp³-hybridized carbons (Fsp3) is 0.500. The van der Waals surface area contributed by atoms with Crippen molar-refractivity contribution in [3.8, 4) is 0 Å². The number of urea groups is 1. The number of carbonyl (C=O) groups is 1. The molecule has 1 aliphatic heterocycles. The maximum absolute atomic E-state index is 13.2. The second kappa shape index (κ2) is 5.38. The first-order chi connectivity index (χ1) is 8.58. The van der Waals surface area contributed by atoms with Crippen molar-refractivity contribution < 1.29 is 9.18 Å². The topological polar surface area (TPSA) is 32.3 Å². The first-order valence-corrected chi connectivity index (χ1v) is 6.40. The van der Waals surface area contributed by atoms with Crippen LogP contribution in [0.1, 0.15) is 38.3 Å². The van der Waals surface area contributed by atoms with E-state index in [2.05, 4.69) is 5.32 Å². The van der Waals surface area contributed by atoms with Crippen molar-refractivity contribution in [1.29, 1.82) is 0 Å². The van der Waals surface area contributed by atoms with Crippen molar-refractivity contribution in [2.75, 3.05) is 6.54 Å². The van der Waals surface area contributed by atoms with Gasteiger partial charge in [0.15, 0.2) is 0 Å². The van der Waals surface area contributed by atoms with Gasteiger partial charge < -0.3 is 10.2 Å². The Morgan fingerprint density at radius 1 is 1.50 bits per heavy atom. The van der Waals surface area contributed by atoms with Gasteiger partial charge in [-0.1, -0.05) is 12.1 Å². The lowest BCUT2D eigenvalue weighted by molar-refractivity contribution is 0.190. The minimum Gasteiger partial charge on any atom is -0.336 e. The number of halogens is 1. The third-order valence-electron chi connectivity index (χ3n) is 3.16. The van der Waals surface area contributed by atoms with Gasteiger partial charge in [0.25, 0.3) is 0 Å². The molecule has 0 spiro atoms. The van der Waals surface area contributed by atoms with Crippen LogP contribution < -0.4 is 5.32 Å². The Morgan fingerprint density at radius 3 is 2.94 bits per heavy atom. The van der Waals surface area contributed by atoms with Gasteiger partial charge in [0.1, 0.15) is 5.82 Å². The summed E-state index contributed by atoms with van der Waals surface area (Å²) >= 11 is 0. The van der Waals surface area contributed by atoms with E-state index in [-0.39, 0.29) is 23.9 Å². The third-order valence-corrected chi connectivity index (χ3v) is 3.16. The van der Waals surface area contributed by atoms with Crippen molar-refractivity contribution >= 4 is 6.03 Å². The van der Waals surface area contributed by atoms with Crippen LogP contribution in [0.2, 0.25) is 0 Å². The van der Waals surface area contributed by atoms with Crippen molar-refractivity contribution in [3.05, 3.63) is 35.6 Å². The molecule has 0 aromatic heterocycles. The lowest BCUT2D eigenvalue weighted by Gasteiger charge is -2.26. The maximum Gasteiger partial charge on any atom is 0.318 e. The fourth-order valence-corrected chi connectivity index (χ4v) is 2.40. The number of amides is 2. The van der Waals surface area contributed by atoms with Gasteiger partial charge in [-0.3, -0.25) is 0 Å². The van der Waals surface area contributed by atoms with Crippen molar-refractivity contribution in [3.63, 3.8) is 0 Å². The van der Waals surface area contributed by atoms with Gasteiger partial charge in [-0.05, 0) is 44.4 Å². The van der Waals surface area contributed by atoms with Crippen LogP contribution in [0.15, 0.2) is 24.3 Å². The highest BCUT2D eigenvalue weighted by molar-refractivity contribution is 5.75. The summed E-state index contributed by atoms with van der Waals surface area (Å²) < 4.78 is 13.2. The minimum absolute atomic E-state index is 0.000509. The van der Waals surface area contributed by atoms with E-state index in [4.69, 9.17) is 0 Å². The van der Waals surface area contributed by atoms with Crippen LogP contribution in [0, 0.1) is 5.82 Å². The summed E-state index contributed by atoms with van der Waals surface area (Å²) in [5.74, 6) is -0.247. The molecule has 1 aromatic rings. The second-order valence-corrected chi connectivity index (χ2v) is 5.01. The number of nitrogens with one attached hydrogen (secondary N) is 1. The molecule has 1 N–H and O–H groups in total. The smallest absolute Gasteiger partial charge is 0.318 e. The Hall–Kier alpha value is -1.58. The lowest BCUT2D eigenvalue weighted by Crippen LogP contribution is -2.42. The number of hydrogen-bond donors (Lipinski definition) is 1. The summed E-state index contributed by atoms with van der Waals surface area (Å²) in [4.78, 5) is 13.8. The Labute approximate surface area is 107 Å². The molecule has 1 aliphatic rings. The number of hydrogen-bond acceptors (Lipinski definition) is 1. The first-order valence-electron chi connectivity index (χ1n) is 6.40. The highest BCUT2D eigenvalue weighted by Crippen LogP contribution is 2.32. The van der Waals surface area contributed by atoms with Crippen LogP contribution in [0.4, 0.5) is 9.18 Å². The number of carbonyl (C=O) groups excluding carboxylic acids is 1. The summed E-state index contributed by atoms with van der Waals surface area (Å²) in [6, 6.07) is 6.58. The van der Waals surface area contributed by atoms with Gasteiger partial charge in [-0.15, -0.1) is 0 Å². The first kappa shape index (κ1) is 12.9. The van der Waals surface area contributed by atoms with E-state index < -0.39 is 0 Å². The quantitative estimate of drug-likeness (QED) is 0.859. The summed E-state index contributed by atoms with van der Waals surface area (Å²) in [5, 5.41) is 2.89. The number of rotatable bonds is 2. The van der Waals surface area contributed by atoms with Crippen molar-refractivity contribution in [2.45, 2.75) is 38.8 Å². The molecular weight excluding hydrogens is 231 g/mol. The van der Waals surface area contributed by atoms with Gasteiger partial charge >= 0.3 is 6.03 Å².